The molecule has 0 radical (unpaired) electrons. The van der Waals surface area contributed by atoms with Gasteiger partial charge >= 0.3 is 0 Å². The Hall–Kier alpha value is -1.95. The van der Waals surface area contributed by atoms with E-state index in [9.17, 15) is 4.79 Å². The van der Waals surface area contributed by atoms with Crippen LogP contribution in [-0.2, 0) is 0 Å². The van der Waals surface area contributed by atoms with Crippen molar-refractivity contribution in [1.82, 2.24) is 19.5 Å². The molecule has 18 heavy (non-hydrogen) atoms. The number of nitrogens with zero attached hydrogens (tertiary/aromatic N) is 4. The van der Waals surface area contributed by atoms with Crippen molar-refractivity contribution < 1.29 is 9.90 Å². The molecule has 0 aromatic carbocycles. The third-order valence-electron chi connectivity index (χ3n) is 2.86. The molecule has 0 saturated heterocycles. The minimum Gasteiger partial charge on any atom is -0.395 e. The molecule has 0 saturated carbocycles. The van der Waals surface area contributed by atoms with E-state index in [4.69, 9.17) is 5.11 Å². The predicted octanol–water partition coefficient (Wildman–Crippen LogP) is 0.492. The summed E-state index contributed by atoms with van der Waals surface area (Å²) < 4.78 is 1.78. The highest BCUT2D eigenvalue weighted by atomic mass is 16.3. The molecule has 0 spiro atoms. The van der Waals surface area contributed by atoms with Gasteiger partial charge in [-0.15, -0.1) is 10.2 Å². The Morgan fingerprint density at radius 2 is 2.22 bits per heavy atom. The zero-order valence-electron chi connectivity index (χ0n) is 10.5. The molecule has 2 aromatic rings. The number of likely N-dealkylation sites (N-methyl/N-ethyl adjacent to an activating group) is 1. The number of pyridine rings is 1. The Morgan fingerprint density at radius 1 is 1.44 bits per heavy atom. The number of aliphatic hydroxyl groups is 1. The van der Waals surface area contributed by atoms with Crippen LogP contribution in [0, 0.1) is 6.92 Å². The standard InChI is InChI=1S/C12H16N4O2/c1-3-15(6-7-17)12(18)10-4-5-11-14-13-9(2)16(11)8-10/h4-5,8,17H,3,6-7H2,1-2H3. The Labute approximate surface area is 105 Å². The summed E-state index contributed by atoms with van der Waals surface area (Å²) in [5.41, 5.74) is 1.29. The van der Waals surface area contributed by atoms with E-state index in [-0.39, 0.29) is 12.5 Å². The lowest BCUT2D eigenvalue weighted by molar-refractivity contribution is 0.0731. The van der Waals surface area contributed by atoms with Gasteiger partial charge in [0.25, 0.3) is 5.91 Å². The average molecular weight is 248 g/mol. The van der Waals surface area contributed by atoms with Crippen molar-refractivity contribution in [2.24, 2.45) is 0 Å². The van der Waals surface area contributed by atoms with Crippen molar-refractivity contribution in [3.8, 4) is 0 Å². The van der Waals surface area contributed by atoms with E-state index in [2.05, 4.69) is 10.2 Å². The molecule has 2 heterocycles. The SMILES string of the molecule is CCN(CCO)C(=O)c1ccc2nnc(C)n2c1. The quantitative estimate of drug-likeness (QED) is 0.855. The molecule has 96 valence electrons. The molecule has 0 atom stereocenters. The Morgan fingerprint density at radius 3 is 2.89 bits per heavy atom. The summed E-state index contributed by atoms with van der Waals surface area (Å²) in [7, 11) is 0. The average Bonchev–Trinajstić information content (AvgIpc) is 2.76. The third kappa shape index (κ3) is 2.19. The van der Waals surface area contributed by atoms with Crippen LogP contribution >= 0.6 is 0 Å². The number of rotatable bonds is 4. The summed E-state index contributed by atoms with van der Waals surface area (Å²) in [4.78, 5) is 13.8. The Bertz CT molecular complexity index is 564. The van der Waals surface area contributed by atoms with Gasteiger partial charge in [-0.2, -0.15) is 0 Å². The number of fused-ring (bicyclic) bond motifs is 1. The molecule has 0 fully saturated rings. The van der Waals surface area contributed by atoms with Crippen LogP contribution in [0.5, 0.6) is 0 Å². The molecule has 0 aliphatic heterocycles. The van der Waals surface area contributed by atoms with Crippen LogP contribution in [0.2, 0.25) is 0 Å². The van der Waals surface area contributed by atoms with Crippen LogP contribution in [0.1, 0.15) is 23.1 Å². The maximum atomic E-state index is 12.2. The number of aryl methyl sites for hydroxylation is 1. The third-order valence-corrected chi connectivity index (χ3v) is 2.86. The number of carbonyl (C=O) groups excluding carboxylic acids is 1. The lowest BCUT2D eigenvalue weighted by Crippen LogP contribution is -2.33. The lowest BCUT2D eigenvalue weighted by Gasteiger charge is -2.19. The minimum absolute atomic E-state index is 0.0342. The summed E-state index contributed by atoms with van der Waals surface area (Å²) in [6.07, 6.45) is 1.73. The Balaban J connectivity index is 2.34. The molecule has 0 aliphatic carbocycles. The summed E-state index contributed by atoms with van der Waals surface area (Å²) in [6.45, 7) is 4.59. The number of hydrogen-bond acceptors (Lipinski definition) is 4. The molecule has 1 N–H and O–H groups in total. The van der Waals surface area contributed by atoms with Crippen molar-refractivity contribution in [3.63, 3.8) is 0 Å². The summed E-state index contributed by atoms with van der Waals surface area (Å²) in [6, 6.07) is 3.49. The van der Waals surface area contributed by atoms with Gasteiger partial charge < -0.3 is 10.0 Å². The predicted molar refractivity (Wildman–Crippen MR) is 66.4 cm³/mol. The first-order valence-corrected chi connectivity index (χ1v) is 5.89. The van der Waals surface area contributed by atoms with E-state index >= 15 is 0 Å². The van der Waals surface area contributed by atoms with Crippen molar-refractivity contribution in [2.75, 3.05) is 19.7 Å². The van der Waals surface area contributed by atoms with Crippen molar-refractivity contribution in [1.29, 1.82) is 0 Å². The molecule has 6 heteroatoms. The fourth-order valence-electron chi connectivity index (χ4n) is 1.84. The molecule has 6 nitrogen and oxygen atoms in total. The van der Waals surface area contributed by atoms with E-state index in [1.807, 2.05) is 13.8 Å². The lowest BCUT2D eigenvalue weighted by atomic mass is 10.2. The van der Waals surface area contributed by atoms with Gasteiger partial charge in [0.2, 0.25) is 0 Å². The largest absolute Gasteiger partial charge is 0.395 e. The molecular weight excluding hydrogens is 232 g/mol. The molecule has 2 rings (SSSR count). The smallest absolute Gasteiger partial charge is 0.255 e. The number of aliphatic hydroxyl groups excluding tert-OH is 1. The second kappa shape index (κ2) is 5.14. The van der Waals surface area contributed by atoms with Gasteiger partial charge in [-0.25, -0.2) is 0 Å². The van der Waals surface area contributed by atoms with E-state index < -0.39 is 0 Å². The maximum absolute atomic E-state index is 12.2. The molecule has 1 amide bonds. The highest BCUT2D eigenvalue weighted by molar-refractivity contribution is 5.94. The topological polar surface area (TPSA) is 70.7 Å². The van der Waals surface area contributed by atoms with Crippen LogP contribution in [0.3, 0.4) is 0 Å². The number of carbonyl (C=O) groups is 1. The van der Waals surface area contributed by atoms with Gasteiger partial charge in [0.1, 0.15) is 5.82 Å². The number of aromatic nitrogens is 3. The summed E-state index contributed by atoms with van der Waals surface area (Å²) >= 11 is 0. The van der Waals surface area contributed by atoms with Crippen LogP contribution in [0.15, 0.2) is 18.3 Å². The van der Waals surface area contributed by atoms with Crippen molar-refractivity contribution >= 4 is 11.6 Å². The highest BCUT2D eigenvalue weighted by Crippen LogP contribution is 2.09. The highest BCUT2D eigenvalue weighted by Gasteiger charge is 2.14. The van der Waals surface area contributed by atoms with E-state index in [0.717, 1.165) is 5.82 Å². The van der Waals surface area contributed by atoms with Gasteiger partial charge in [-0.05, 0) is 26.0 Å². The maximum Gasteiger partial charge on any atom is 0.255 e. The fraction of sp³-hybridized carbons (Fsp3) is 0.417. The van der Waals surface area contributed by atoms with Crippen LogP contribution in [0.4, 0.5) is 0 Å². The molecule has 0 unspecified atom stereocenters. The zero-order valence-corrected chi connectivity index (χ0v) is 10.5. The van der Waals surface area contributed by atoms with Gasteiger partial charge in [-0.3, -0.25) is 9.20 Å². The summed E-state index contributed by atoms with van der Waals surface area (Å²) in [5, 5.41) is 16.8. The van der Waals surface area contributed by atoms with E-state index in [1.165, 1.54) is 0 Å². The number of hydrogen-bond donors (Lipinski definition) is 1. The second-order valence-electron chi connectivity index (χ2n) is 4.00. The minimum atomic E-state index is -0.0958. The molecule has 0 aliphatic rings. The molecule has 2 aromatic heterocycles. The molecular formula is C12H16N4O2. The van der Waals surface area contributed by atoms with E-state index in [1.54, 1.807) is 27.6 Å². The fourth-order valence-corrected chi connectivity index (χ4v) is 1.84. The first-order chi connectivity index (χ1) is 8.67. The number of amides is 1. The van der Waals surface area contributed by atoms with Crippen LogP contribution < -0.4 is 0 Å². The van der Waals surface area contributed by atoms with Crippen LogP contribution in [-0.4, -0.2) is 50.2 Å². The second-order valence-corrected chi connectivity index (χ2v) is 4.00. The zero-order chi connectivity index (χ0) is 13.1. The van der Waals surface area contributed by atoms with Gasteiger partial charge in [0.15, 0.2) is 5.65 Å². The van der Waals surface area contributed by atoms with E-state index in [0.29, 0.717) is 24.3 Å². The van der Waals surface area contributed by atoms with Gasteiger partial charge in [0, 0.05) is 19.3 Å². The monoisotopic (exact) mass is 248 g/mol. The van der Waals surface area contributed by atoms with Gasteiger partial charge in [-0.1, -0.05) is 0 Å². The summed E-state index contributed by atoms with van der Waals surface area (Å²) in [5.74, 6) is 0.645. The normalized spacial score (nSPS) is 10.8. The van der Waals surface area contributed by atoms with Crippen molar-refractivity contribution in [3.05, 3.63) is 29.7 Å². The van der Waals surface area contributed by atoms with Gasteiger partial charge in [0.05, 0.1) is 12.2 Å². The molecule has 0 bridgehead atoms. The van der Waals surface area contributed by atoms with Crippen LogP contribution in [0.25, 0.3) is 5.65 Å². The first kappa shape index (κ1) is 12.5. The first-order valence-electron chi connectivity index (χ1n) is 5.89. The Kier molecular flexibility index (Phi) is 3.57. The van der Waals surface area contributed by atoms with Crippen molar-refractivity contribution in [2.45, 2.75) is 13.8 Å².